The zero-order chi connectivity index (χ0) is 17.9. The van der Waals surface area contributed by atoms with E-state index >= 15 is 0 Å². The Morgan fingerprint density at radius 3 is 2.71 bits per heavy atom. The highest BCUT2D eigenvalue weighted by atomic mass is 32.2. The summed E-state index contributed by atoms with van der Waals surface area (Å²) < 4.78 is 5.76. The fourth-order valence-corrected chi connectivity index (χ4v) is 3.36. The van der Waals surface area contributed by atoms with Crippen LogP contribution in [-0.4, -0.2) is 28.6 Å². The van der Waals surface area contributed by atoms with Crippen molar-refractivity contribution in [1.29, 1.82) is 0 Å². The summed E-state index contributed by atoms with van der Waals surface area (Å²) in [7, 11) is 0. The number of nitrogens with one attached hydrogen (secondary N) is 1. The summed E-state index contributed by atoms with van der Waals surface area (Å²) in [6.45, 7) is 7.20. The zero-order valence-corrected chi connectivity index (χ0v) is 14.9. The molecule has 0 spiro atoms. The Bertz CT molecular complexity index is 770. The lowest BCUT2D eigenvalue weighted by molar-refractivity contribution is -0.645. The number of carbonyl (C=O) groups is 2. The van der Waals surface area contributed by atoms with Gasteiger partial charge in [-0.15, -0.1) is 0 Å². The summed E-state index contributed by atoms with van der Waals surface area (Å²) in [5.74, 6) is -0.608. The van der Waals surface area contributed by atoms with Crippen LogP contribution < -0.4 is 4.73 Å². The smallest absolute Gasteiger partial charge is 0.340 e. The number of ketones is 1. The monoisotopic (exact) mass is 348 g/mol. The van der Waals surface area contributed by atoms with Crippen LogP contribution in [-0.2, 0) is 4.74 Å². The van der Waals surface area contributed by atoms with Gasteiger partial charge in [0.2, 0.25) is 0 Å². The molecule has 6 nitrogen and oxygen atoms in total. The van der Waals surface area contributed by atoms with Gasteiger partial charge < -0.3 is 14.9 Å². The number of hydrogen-bond acceptors (Lipinski definition) is 5. The van der Waals surface area contributed by atoms with Crippen molar-refractivity contribution in [3.05, 3.63) is 52.1 Å². The Kier molecular flexibility index (Phi) is 5.66. The number of pyridine rings is 1. The zero-order valence-electron chi connectivity index (χ0n) is 14.1. The van der Waals surface area contributed by atoms with Gasteiger partial charge in [-0.2, -0.15) is 4.73 Å². The number of hydrogen-bond donors (Lipinski definition) is 1. The van der Waals surface area contributed by atoms with E-state index in [2.05, 4.69) is 4.98 Å². The van der Waals surface area contributed by atoms with Crippen molar-refractivity contribution < 1.29 is 19.1 Å². The Balaban J connectivity index is 2.25. The molecule has 0 saturated carbocycles. The standard InChI is InChI=1S/C17H20N2O4S/c1-5-23-17(21)14-10(2)15(18-11(14)3)16(20)12(4)24-13-8-6-7-9-19(13)22/h6-9,12,18H,5H2,1-4H3/t12-/m0/s1. The second kappa shape index (κ2) is 7.53. The molecule has 0 aromatic carbocycles. The lowest BCUT2D eigenvalue weighted by Gasteiger charge is -2.10. The van der Waals surface area contributed by atoms with Crippen LogP contribution in [0.15, 0.2) is 29.4 Å². The highest BCUT2D eigenvalue weighted by Crippen LogP contribution is 2.26. The number of esters is 1. The van der Waals surface area contributed by atoms with Crippen molar-refractivity contribution in [2.75, 3.05) is 6.61 Å². The second-order valence-electron chi connectivity index (χ2n) is 5.33. The molecule has 0 unspecified atom stereocenters. The van der Waals surface area contributed by atoms with Crippen LogP contribution in [0, 0.1) is 19.1 Å². The van der Waals surface area contributed by atoms with E-state index in [1.807, 2.05) is 0 Å². The molecule has 2 aromatic heterocycles. The number of thioether (sulfide) groups is 1. The van der Waals surface area contributed by atoms with Crippen molar-refractivity contribution in [1.82, 2.24) is 4.98 Å². The largest absolute Gasteiger partial charge is 0.618 e. The van der Waals surface area contributed by atoms with E-state index in [1.54, 1.807) is 45.9 Å². The summed E-state index contributed by atoms with van der Waals surface area (Å²) in [6.07, 6.45) is 1.39. The molecular weight excluding hydrogens is 328 g/mol. The first-order valence-electron chi connectivity index (χ1n) is 7.62. The molecule has 0 aliphatic heterocycles. The minimum Gasteiger partial charge on any atom is -0.618 e. The van der Waals surface area contributed by atoms with Gasteiger partial charge >= 0.3 is 5.97 Å². The van der Waals surface area contributed by atoms with Crippen molar-refractivity contribution in [3.63, 3.8) is 0 Å². The molecule has 1 N–H and O–H groups in total. The van der Waals surface area contributed by atoms with Crippen LogP contribution in [0.2, 0.25) is 0 Å². The normalized spacial score (nSPS) is 12.0. The van der Waals surface area contributed by atoms with Crippen LogP contribution in [0.5, 0.6) is 0 Å². The molecular formula is C17H20N2O4S. The minimum atomic E-state index is -0.473. The average Bonchev–Trinajstić information content (AvgIpc) is 2.83. The van der Waals surface area contributed by atoms with Crippen LogP contribution in [0.3, 0.4) is 0 Å². The van der Waals surface area contributed by atoms with Crippen molar-refractivity contribution in [3.8, 4) is 0 Å². The molecule has 2 rings (SSSR count). The Hall–Kier alpha value is -2.28. The first-order valence-corrected chi connectivity index (χ1v) is 8.50. The fraction of sp³-hybridized carbons (Fsp3) is 0.353. The number of Topliss-reactive ketones (excluding diaryl/α,β-unsaturated/α-hetero) is 1. The molecule has 0 radical (unpaired) electrons. The molecule has 128 valence electrons. The van der Waals surface area contributed by atoms with Gasteiger partial charge in [-0.1, -0.05) is 0 Å². The predicted octanol–water partition coefficient (Wildman–Crippen LogP) is 2.81. The third-order valence-corrected chi connectivity index (χ3v) is 4.74. The van der Waals surface area contributed by atoms with E-state index in [0.29, 0.717) is 27.5 Å². The summed E-state index contributed by atoms with van der Waals surface area (Å²) >= 11 is 1.18. The lowest BCUT2D eigenvalue weighted by atomic mass is 10.1. The van der Waals surface area contributed by atoms with E-state index < -0.39 is 11.2 Å². The number of ether oxygens (including phenoxy) is 1. The van der Waals surface area contributed by atoms with Gasteiger partial charge in [-0.05, 0) is 51.1 Å². The Labute approximate surface area is 144 Å². The van der Waals surface area contributed by atoms with Crippen molar-refractivity contribution >= 4 is 23.5 Å². The number of carbonyl (C=O) groups excluding carboxylic acids is 2. The summed E-state index contributed by atoms with van der Waals surface area (Å²) in [5.41, 5.74) is 1.96. The Morgan fingerprint density at radius 2 is 2.08 bits per heavy atom. The molecule has 0 aliphatic carbocycles. The maximum atomic E-state index is 12.7. The third kappa shape index (κ3) is 3.62. The van der Waals surface area contributed by atoms with Gasteiger partial charge in [0, 0.05) is 17.8 Å². The van der Waals surface area contributed by atoms with Crippen LogP contribution in [0.4, 0.5) is 0 Å². The van der Waals surface area contributed by atoms with E-state index in [9.17, 15) is 14.8 Å². The summed E-state index contributed by atoms with van der Waals surface area (Å²) in [5, 5.41) is 11.7. The van der Waals surface area contributed by atoms with Gasteiger partial charge in [0.15, 0.2) is 12.0 Å². The van der Waals surface area contributed by atoms with Crippen LogP contribution in [0.25, 0.3) is 0 Å². The van der Waals surface area contributed by atoms with E-state index in [4.69, 9.17) is 4.74 Å². The first kappa shape index (κ1) is 18.1. The van der Waals surface area contributed by atoms with Gasteiger partial charge in [0.05, 0.1) is 23.1 Å². The summed E-state index contributed by atoms with van der Waals surface area (Å²) in [6, 6.07) is 5.04. The molecule has 2 heterocycles. The number of aromatic nitrogens is 2. The molecule has 0 saturated heterocycles. The first-order chi connectivity index (χ1) is 11.4. The molecule has 0 aliphatic rings. The number of aryl methyl sites for hydroxylation is 1. The van der Waals surface area contributed by atoms with Crippen molar-refractivity contribution in [2.24, 2.45) is 0 Å². The van der Waals surface area contributed by atoms with Crippen LogP contribution >= 0.6 is 11.8 Å². The lowest BCUT2D eigenvalue weighted by Crippen LogP contribution is -2.29. The highest BCUT2D eigenvalue weighted by Gasteiger charge is 2.27. The van der Waals surface area contributed by atoms with Crippen LogP contribution in [0.1, 0.15) is 46.0 Å². The van der Waals surface area contributed by atoms with Crippen molar-refractivity contribution in [2.45, 2.75) is 38.0 Å². The highest BCUT2D eigenvalue weighted by molar-refractivity contribution is 8.00. The molecule has 7 heteroatoms. The molecule has 0 amide bonds. The van der Waals surface area contributed by atoms with E-state index in [1.165, 1.54) is 18.0 Å². The van der Waals surface area contributed by atoms with E-state index in [-0.39, 0.29) is 12.4 Å². The quantitative estimate of drug-likeness (QED) is 0.285. The average molecular weight is 348 g/mol. The minimum absolute atomic E-state index is 0.167. The molecule has 24 heavy (non-hydrogen) atoms. The fourth-order valence-electron chi connectivity index (χ4n) is 2.45. The summed E-state index contributed by atoms with van der Waals surface area (Å²) in [4.78, 5) is 27.7. The maximum absolute atomic E-state index is 12.7. The molecule has 2 aromatic rings. The second-order valence-corrected chi connectivity index (χ2v) is 6.70. The number of H-pyrrole nitrogens is 1. The van der Waals surface area contributed by atoms with Gasteiger partial charge in [0.1, 0.15) is 0 Å². The molecule has 0 bridgehead atoms. The third-order valence-electron chi connectivity index (χ3n) is 3.62. The predicted molar refractivity (Wildman–Crippen MR) is 91.3 cm³/mol. The number of aromatic amines is 1. The molecule has 1 atom stereocenters. The van der Waals surface area contributed by atoms with Gasteiger partial charge in [-0.3, -0.25) is 4.79 Å². The molecule has 0 fully saturated rings. The SMILES string of the molecule is CCOC(=O)c1c(C)[nH]c(C(=O)[C@H](C)Sc2cccc[n+]2[O-])c1C. The Morgan fingerprint density at radius 1 is 1.38 bits per heavy atom. The number of nitrogens with zero attached hydrogens (tertiary/aromatic N) is 1. The topological polar surface area (TPSA) is 86.1 Å². The van der Waals surface area contributed by atoms with Gasteiger partial charge in [-0.25, -0.2) is 4.79 Å². The maximum Gasteiger partial charge on any atom is 0.340 e. The van der Waals surface area contributed by atoms with Gasteiger partial charge in [0.25, 0.3) is 5.03 Å². The number of rotatable bonds is 6. The van der Waals surface area contributed by atoms with E-state index in [0.717, 1.165) is 4.73 Å².